The van der Waals surface area contributed by atoms with Gasteiger partial charge in [0.1, 0.15) is 0 Å². The van der Waals surface area contributed by atoms with Crippen LogP contribution in [0.15, 0.2) is 72.8 Å². The Morgan fingerprint density at radius 2 is 1.30 bits per heavy atom. The van der Waals surface area contributed by atoms with Gasteiger partial charge in [-0.05, 0) is 0 Å². The topological polar surface area (TPSA) is 0 Å². The van der Waals surface area contributed by atoms with E-state index in [9.17, 15) is 0 Å². The van der Waals surface area contributed by atoms with E-state index >= 15 is 0 Å². The van der Waals surface area contributed by atoms with Crippen LogP contribution in [0.5, 0.6) is 0 Å². The average Bonchev–Trinajstić information content (AvgIpc) is 2.88. The third kappa shape index (κ3) is 2.60. The molecule has 0 saturated carbocycles. The Bertz CT molecular complexity index is 991. The van der Waals surface area contributed by atoms with Crippen molar-refractivity contribution in [3.05, 3.63) is 72.8 Å². The Hall–Kier alpha value is -1.32. The molecule has 3 aromatic carbocycles. The second-order valence-electron chi connectivity index (χ2n) is 7.08. The Morgan fingerprint density at radius 3 is 2.04 bits per heavy atom. The normalized spacial score (nSPS) is 12.9. The van der Waals surface area contributed by atoms with Crippen molar-refractivity contribution < 1.29 is 0 Å². The van der Waals surface area contributed by atoms with Crippen LogP contribution in [0.2, 0.25) is 14.8 Å². The molecule has 1 unspecified atom stereocenters. The molecule has 0 aliphatic rings. The van der Waals surface area contributed by atoms with Gasteiger partial charge in [-0.15, -0.1) is 0 Å². The van der Waals surface area contributed by atoms with Gasteiger partial charge in [0, 0.05) is 0 Å². The molecule has 23 heavy (non-hydrogen) atoms. The van der Waals surface area contributed by atoms with Crippen molar-refractivity contribution in [2.45, 2.75) is 14.8 Å². The fourth-order valence-corrected chi connectivity index (χ4v) is 8.87. The van der Waals surface area contributed by atoms with Crippen LogP contribution in [0.4, 0.5) is 0 Å². The number of rotatable bonds is 2. The zero-order valence-corrected chi connectivity index (χ0v) is 17.5. The summed E-state index contributed by atoms with van der Waals surface area (Å²) in [5.41, 5.74) is 0. The average molecular weight is 424 g/mol. The molecular weight excluding hydrogens is 403 g/mol. The van der Waals surface area contributed by atoms with E-state index in [1.165, 1.54) is 25.1 Å². The van der Waals surface area contributed by atoms with E-state index in [1.807, 2.05) is 0 Å². The SMILES string of the molecule is [CH3][Sn]([CH3])([CH3])[c]1ccc2c(c1)c1ccccc1[s+]2-c1ccccc1. The Balaban J connectivity index is 2.13. The van der Waals surface area contributed by atoms with Crippen molar-refractivity contribution in [1.29, 1.82) is 0 Å². The van der Waals surface area contributed by atoms with Crippen molar-refractivity contribution in [3.8, 4) is 4.90 Å². The second-order valence-corrected chi connectivity index (χ2v) is 23.5. The van der Waals surface area contributed by atoms with Crippen LogP contribution in [0.1, 0.15) is 0 Å². The monoisotopic (exact) mass is 425 g/mol. The molecule has 0 aliphatic carbocycles. The number of hydrogen-bond donors (Lipinski definition) is 0. The summed E-state index contributed by atoms with van der Waals surface area (Å²) in [6.45, 7) is 0. The molecule has 4 aromatic rings. The quantitative estimate of drug-likeness (QED) is 0.263. The molecule has 0 radical (unpaired) electrons. The summed E-state index contributed by atoms with van der Waals surface area (Å²) < 4.78 is 4.60. The molecule has 0 N–H and O–H groups in total. The van der Waals surface area contributed by atoms with Gasteiger partial charge in [0.05, 0.1) is 0 Å². The molecule has 4 rings (SSSR count). The van der Waals surface area contributed by atoms with Crippen LogP contribution >= 0.6 is 10.5 Å². The summed E-state index contributed by atoms with van der Waals surface area (Å²) in [6.07, 6.45) is 0. The summed E-state index contributed by atoms with van der Waals surface area (Å²) in [7, 11) is 0.0477. The van der Waals surface area contributed by atoms with Gasteiger partial charge >= 0.3 is 145 Å². The molecule has 0 fully saturated rings. The predicted molar refractivity (Wildman–Crippen MR) is 108 cm³/mol. The maximum absolute atomic E-state index is 2.50. The number of fused-ring (bicyclic) bond motifs is 3. The van der Waals surface area contributed by atoms with Gasteiger partial charge in [0.2, 0.25) is 0 Å². The first-order valence-corrected chi connectivity index (χ1v) is 19.3. The Morgan fingerprint density at radius 1 is 0.652 bits per heavy atom. The van der Waals surface area contributed by atoms with Gasteiger partial charge in [-0.25, -0.2) is 0 Å². The molecule has 0 nitrogen and oxygen atoms in total. The van der Waals surface area contributed by atoms with Crippen molar-refractivity contribution in [1.82, 2.24) is 0 Å². The summed E-state index contributed by atoms with van der Waals surface area (Å²) in [6, 6.07) is 27.2. The zero-order valence-electron chi connectivity index (χ0n) is 13.8. The van der Waals surface area contributed by atoms with Crippen molar-refractivity contribution in [2.75, 3.05) is 0 Å². The van der Waals surface area contributed by atoms with E-state index in [4.69, 9.17) is 0 Å². The molecular formula is C21H21SSn+. The first-order valence-electron chi connectivity index (χ1n) is 8.09. The number of hydrogen-bond acceptors (Lipinski definition) is 0. The minimum absolute atomic E-state index is 0.0477. The first kappa shape index (κ1) is 15.2. The van der Waals surface area contributed by atoms with Crippen LogP contribution in [0.3, 0.4) is 0 Å². The van der Waals surface area contributed by atoms with Crippen LogP contribution in [-0.4, -0.2) is 18.4 Å². The molecule has 0 aliphatic heterocycles. The third-order valence-corrected chi connectivity index (χ3v) is 12.6. The van der Waals surface area contributed by atoms with Gasteiger partial charge in [-0.3, -0.25) is 0 Å². The molecule has 0 bridgehead atoms. The van der Waals surface area contributed by atoms with E-state index in [0.29, 0.717) is 0 Å². The van der Waals surface area contributed by atoms with E-state index in [2.05, 4.69) is 87.6 Å². The van der Waals surface area contributed by atoms with E-state index in [1.54, 1.807) is 3.58 Å². The Kier molecular flexibility index (Phi) is 3.73. The van der Waals surface area contributed by atoms with Crippen LogP contribution in [0, 0.1) is 0 Å². The maximum atomic E-state index is 2.50. The van der Waals surface area contributed by atoms with Gasteiger partial charge < -0.3 is 0 Å². The van der Waals surface area contributed by atoms with Gasteiger partial charge in [-0.1, -0.05) is 0 Å². The zero-order chi connectivity index (χ0) is 16.0. The minimum atomic E-state index is -2.05. The first-order chi connectivity index (χ1) is 11.1. The molecule has 0 spiro atoms. The molecule has 1 atom stereocenters. The van der Waals surface area contributed by atoms with Crippen molar-refractivity contribution in [2.24, 2.45) is 0 Å². The summed E-state index contributed by atoms with van der Waals surface area (Å²) >= 11 is -2.05. The van der Waals surface area contributed by atoms with Gasteiger partial charge in [0.25, 0.3) is 0 Å². The van der Waals surface area contributed by atoms with Crippen molar-refractivity contribution in [3.63, 3.8) is 0 Å². The molecule has 114 valence electrons. The molecule has 0 saturated heterocycles. The number of benzene rings is 3. The van der Waals surface area contributed by atoms with E-state index in [-0.39, 0.29) is 10.5 Å². The van der Waals surface area contributed by atoms with Crippen molar-refractivity contribution >= 4 is 52.6 Å². The van der Waals surface area contributed by atoms with Crippen LogP contribution < -0.4 is 3.58 Å². The van der Waals surface area contributed by atoms with Gasteiger partial charge in [-0.2, -0.15) is 0 Å². The number of thiophene rings is 1. The predicted octanol–water partition coefficient (Wildman–Crippen LogP) is 6.28. The van der Waals surface area contributed by atoms with E-state index in [0.717, 1.165) is 0 Å². The molecule has 0 amide bonds. The fraction of sp³-hybridized carbons (Fsp3) is 0.143. The van der Waals surface area contributed by atoms with E-state index < -0.39 is 18.4 Å². The summed E-state index contributed by atoms with van der Waals surface area (Å²) in [4.78, 5) is 8.90. The summed E-state index contributed by atoms with van der Waals surface area (Å²) in [5, 5.41) is 2.91. The summed E-state index contributed by atoms with van der Waals surface area (Å²) in [5.74, 6) is 0. The molecule has 2 heteroatoms. The van der Waals surface area contributed by atoms with Crippen LogP contribution in [-0.2, 0) is 0 Å². The molecule has 1 heterocycles. The standard InChI is InChI=1S/C18H12S.3CH3.Sn/c1-2-8-14(9-3-1)19-17-12-6-4-10-15(17)16-11-5-7-13-18(16)19;;;;/h1-4,6-13H;3*1H3;/q+1;;;;. The van der Waals surface area contributed by atoms with Crippen LogP contribution in [0.25, 0.3) is 25.1 Å². The fourth-order valence-electron chi connectivity index (χ4n) is 3.18. The molecule has 1 aromatic heterocycles. The van der Waals surface area contributed by atoms with Gasteiger partial charge in [0.15, 0.2) is 0 Å². The second kappa shape index (κ2) is 5.64. The third-order valence-electron chi connectivity index (χ3n) is 4.44. The Labute approximate surface area is 144 Å².